The van der Waals surface area contributed by atoms with Gasteiger partial charge in [-0.3, -0.25) is 9.10 Å². The van der Waals surface area contributed by atoms with E-state index in [0.29, 0.717) is 39.9 Å². The van der Waals surface area contributed by atoms with Crippen molar-refractivity contribution in [1.29, 1.82) is 0 Å². The largest absolute Gasteiger partial charge is 0.489 e. The lowest BCUT2D eigenvalue weighted by Crippen LogP contribution is -2.41. The number of anilines is 2. The van der Waals surface area contributed by atoms with E-state index >= 15 is 0 Å². The highest BCUT2D eigenvalue weighted by Crippen LogP contribution is 2.36. The number of likely N-dealkylation sites (N-methyl/N-ethyl adjacent to an activating group) is 1. The normalized spacial score (nSPS) is 14.9. The molecule has 4 rings (SSSR count). The van der Waals surface area contributed by atoms with Gasteiger partial charge in [-0.15, -0.1) is 0 Å². The highest BCUT2D eigenvalue weighted by Gasteiger charge is 2.29. The molecule has 39 heavy (non-hydrogen) atoms. The van der Waals surface area contributed by atoms with E-state index in [1.165, 1.54) is 4.31 Å². The van der Waals surface area contributed by atoms with Crippen molar-refractivity contribution in [3.05, 3.63) is 75.8 Å². The van der Waals surface area contributed by atoms with E-state index in [2.05, 4.69) is 4.90 Å². The molecule has 8 nitrogen and oxygen atoms in total. The van der Waals surface area contributed by atoms with Gasteiger partial charge in [0.15, 0.2) is 0 Å². The summed E-state index contributed by atoms with van der Waals surface area (Å²) in [6, 6.07) is 13.9. The van der Waals surface area contributed by atoms with Crippen molar-refractivity contribution >= 4 is 39.0 Å². The minimum Gasteiger partial charge on any atom is -0.489 e. The molecule has 0 amide bonds. The van der Waals surface area contributed by atoms with Crippen molar-refractivity contribution < 1.29 is 27.8 Å². The molecule has 0 unspecified atom stereocenters. The fourth-order valence-electron chi connectivity index (χ4n) is 4.79. The summed E-state index contributed by atoms with van der Waals surface area (Å²) in [5.41, 5.74) is 4.01. The molecule has 0 aromatic heterocycles. The van der Waals surface area contributed by atoms with Crippen LogP contribution in [-0.4, -0.2) is 52.3 Å². The zero-order valence-electron chi connectivity index (χ0n) is 22.7. The minimum absolute atomic E-state index is 0.175. The molecule has 0 saturated heterocycles. The number of fused-ring (bicyclic) bond motifs is 1. The number of carbonyl (C=O) groups is 1. The molecular formula is C29H33ClN2O6S. The molecule has 1 atom stereocenters. The van der Waals surface area contributed by atoms with Crippen molar-refractivity contribution in [3.63, 3.8) is 0 Å². The smallest absolute Gasteiger partial charge is 0.307 e. The first kappa shape index (κ1) is 28.6. The number of hydrogen-bond donors (Lipinski definition) is 1. The van der Waals surface area contributed by atoms with Crippen LogP contribution in [0.5, 0.6) is 11.5 Å². The van der Waals surface area contributed by atoms with Gasteiger partial charge >= 0.3 is 5.97 Å². The lowest BCUT2D eigenvalue weighted by molar-refractivity contribution is -0.136. The van der Waals surface area contributed by atoms with Crippen molar-refractivity contribution in [2.24, 2.45) is 0 Å². The fraction of sp³-hybridized carbons (Fsp3) is 0.345. The predicted molar refractivity (Wildman–Crippen MR) is 153 cm³/mol. The molecular weight excluding hydrogens is 540 g/mol. The Hall–Kier alpha value is -3.43. The molecule has 0 saturated carbocycles. The zero-order valence-corrected chi connectivity index (χ0v) is 24.3. The van der Waals surface area contributed by atoms with Crippen LogP contribution in [0.1, 0.15) is 29.2 Å². The Labute approximate surface area is 234 Å². The Balaban J connectivity index is 1.57. The molecule has 0 fully saturated rings. The number of sulfonamides is 1. The quantitative estimate of drug-likeness (QED) is 0.367. The van der Waals surface area contributed by atoms with Crippen molar-refractivity contribution in [2.45, 2.75) is 45.1 Å². The number of rotatable bonds is 9. The van der Waals surface area contributed by atoms with E-state index in [1.807, 2.05) is 33.0 Å². The third kappa shape index (κ3) is 5.94. The van der Waals surface area contributed by atoms with Gasteiger partial charge in [0.25, 0.3) is 10.0 Å². The maximum absolute atomic E-state index is 13.9. The van der Waals surface area contributed by atoms with E-state index in [4.69, 9.17) is 21.1 Å². The number of aryl methyl sites for hydroxylation is 1. The summed E-state index contributed by atoms with van der Waals surface area (Å²) in [5.74, 6) is 0.301. The Bertz CT molecular complexity index is 1510. The molecule has 3 aromatic rings. The molecule has 0 bridgehead atoms. The van der Waals surface area contributed by atoms with E-state index < -0.39 is 16.0 Å². The van der Waals surface area contributed by atoms with Crippen LogP contribution in [0, 0.1) is 20.8 Å². The summed E-state index contributed by atoms with van der Waals surface area (Å²) in [7, 11) is -1.95. The van der Waals surface area contributed by atoms with Gasteiger partial charge in [0.2, 0.25) is 0 Å². The number of aliphatic carboxylic acids is 1. The van der Waals surface area contributed by atoms with Crippen LogP contribution in [0.2, 0.25) is 5.02 Å². The third-order valence-electron chi connectivity index (χ3n) is 6.97. The summed E-state index contributed by atoms with van der Waals surface area (Å²) in [6.45, 7) is 8.26. The predicted octanol–water partition coefficient (Wildman–Crippen LogP) is 5.38. The van der Waals surface area contributed by atoms with Gasteiger partial charge in [-0.25, -0.2) is 8.42 Å². The van der Waals surface area contributed by atoms with Crippen LogP contribution < -0.4 is 18.7 Å². The molecule has 1 aliphatic rings. The molecule has 3 aromatic carbocycles. The van der Waals surface area contributed by atoms with E-state index in [1.54, 1.807) is 50.2 Å². The van der Waals surface area contributed by atoms with Gasteiger partial charge in [0.1, 0.15) is 24.2 Å². The Kier molecular flexibility index (Phi) is 8.32. The van der Waals surface area contributed by atoms with Gasteiger partial charge in [-0.05, 0) is 80.3 Å². The average Bonchev–Trinajstić information content (AvgIpc) is 2.86. The second-order valence-corrected chi connectivity index (χ2v) is 12.0. The topological polar surface area (TPSA) is 96.4 Å². The maximum Gasteiger partial charge on any atom is 0.307 e. The van der Waals surface area contributed by atoms with Gasteiger partial charge in [-0.1, -0.05) is 23.7 Å². The second-order valence-electron chi connectivity index (χ2n) is 9.72. The molecule has 10 heteroatoms. The minimum atomic E-state index is -3.94. The summed E-state index contributed by atoms with van der Waals surface area (Å²) < 4.78 is 41.2. The molecule has 0 spiro atoms. The van der Waals surface area contributed by atoms with Crippen molar-refractivity contribution in [1.82, 2.24) is 0 Å². The van der Waals surface area contributed by atoms with E-state index in [9.17, 15) is 18.3 Å². The van der Waals surface area contributed by atoms with Gasteiger partial charge in [0.05, 0.1) is 29.2 Å². The number of carboxylic acids is 1. The Morgan fingerprint density at radius 1 is 1.13 bits per heavy atom. The highest BCUT2D eigenvalue weighted by atomic mass is 35.5. The number of hydrogen-bond acceptors (Lipinski definition) is 6. The Morgan fingerprint density at radius 2 is 1.87 bits per heavy atom. The van der Waals surface area contributed by atoms with E-state index in [0.717, 1.165) is 16.8 Å². The van der Waals surface area contributed by atoms with Crippen LogP contribution in [0.4, 0.5) is 11.4 Å². The molecule has 0 radical (unpaired) electrons. The van der Waals surface area contributed by atoms with E-state index in [-0.39, 0.29) is 30.6 Å². The molecule has 1 heterocycles. The second kappa shape index (κ2) is 11.4. The van der Waals surface area contributed by atoms with Gasteiger partial charge < -0.3 is 19.5 Å². The third-order valence-corrected chi connectivity index (χ3v) is 9.24. The van der Waals surface area contributed by atoms with Crippen LogP contribution in [0.25, 0.3) is 0 Å². The Morgan fingerprint density at radius 3 is 2.56 bits per heavy atom. The number of ether oxygens (including phenoxy) is 2. The monoisotopic (exact) mass is 572 g/mol. The molecule has 1 N–H and O–H groups in total. The number of nitrogens with zero attached hydrogens (tertiary/aromatic N) is 2. The number of benzene rings is 3. The van der Waals surface area contributed by atoms with Crippen LogP contribution in [0.15, 0.2) is 53.4 Å². The van der Waals surface area contributed by atoms with Crippen molar-refractivity contribution in [3.8, 4) is 11.5 Å². The van der Waals surface area contributed by atoms with Gasteiger partial charge in [0, 0.05) is 24.7 Å². The first-order valence-corrected chi connectivity index (χ1v) is 14.5. The maximum atomic E-state index is 13.9. The van der Waals surface area contributed by atoms with Crippen LogP contribution >= 0.6 is 11.6 Å². The molecule has 0 aliphatic carbocycles. The first-order chi connectivity index (χ1) is 18.4. The van der Waals surface area contributed by atoms with Crippen LogP contribution in [-0.2, 0) is 21.2 Å². The standard InChI is InChI=1S/C29H33ClN2O6S/c1-6-32(25-13-21(14-29(33)34)8-7-18(25)2)39(35,36)28-12-11-26(19(3)20(28)4)37-17-23-16-31(5)24-10-9-22(30)15-27(24)38-23/h7-13,15,23H,6,14,16-17H2,1-5H3,(H,33,34)/t23-/m0/s1. The number of carboxylic acid groups (broad SMARTS) is 1. The average molecular weight is 573 g/mol. The lowest BCUT2D eigenvalue weighted by Gasteiger charge is -2.34. The lowest BCUT2D eigenvalue weighted by atomic mass is 10.1. The summed E-state index contributed by atoms with van der Waals surface area (Å²) in [4.78, 5) is 13.5. The number of halogens is 1. The zero-order chi connectivity index (χ0) is 28.5. The summed E-state index contributed by atoms with van der Waals surface area (Å²) in [5, 5.41) is 9.78. The summed E-state index contributed by atoms with van der Waals surface area (Å²) >= 11 is 6.14. The first-order valence-electron chi connectivity index (χ1n) is 12.7. The molecule has 1 aliphatic heterocycles. The fourth-order valence-corrected chi connectivity index (χ4v) is 6.77. The highest BCUT2D eigenvalue weighted by molar-refractivity contribution is 7.92. The summed E-state index contributed by atoms with van der Waals surface area (Å²) in [6.07, 6.45) is -0.422. The van der Waals surface area contributed by atoms with Crippen LogP contribution in [0.3, 0.4) is 0 Å². The van der Waals surface area contributed by atoms with Gasteiger partial charge in [-0.2, -0.15) is 0 Å². The van der Waals surface area contributed by atoms with Crippen molar-refractivity contribution in [2.75, 3.05) is 35.9 Å². The SMILES string of the molecule is CCN(c1cc(CC(=O)O)ccc1C)S(=O)(=O)c1ccc(OC[C@@H]2CN(C)c3ccc(Cl)cc3O2)c(C)c1C. The molecule has 208 valence electrons.